The fourth-order valence-electron chi connectivity index (χ4n) is 12.1. The molecule has 0 aliphatic carbocycles. The molecule has 0 spiro atoms. The number of unbranched alkanes of at least 4 members (excludes halogenated alkanes) is 52. The Kier molecular flexibility index (Phi) is 61.7. The van der Waals surface area contributed by atoms with Crippen LogP contribution in [0, 0.1) is 0 Å². The SMILES string of the molecule is CCCCCCC/C=C\C/C=C\CCCCCCCCCCCCCCCCCCCCCC(=O)NC(COC1OC(CO)C(O)C(O)C1O)C(O)/C=C/CCCCCCCCCCCCCCCCCCCCCCCCCCCCCC. The molecule has 1 aliphatic heterocycles. The average Bonchev–Trinajstić information content (AvgIpc) is 3.70. The van der Waals surface area contributed by atoms with Gasteiger partial charge in [0.2, 0.25) is 5.91 Å². The molecule has 0 bridgehead atoms. The summed E-state index contributed by atoms with van der Waals surface area (Å²) in [6, 6.07) is -0.805. The van der Waals surface area contributed by atoms with Crippen molar-refractivity contribution in [3.8, 4) is 0 Å². The topological polar surface area (TPSA) is 149 Å². The maximum atomic E-state index is 13.1. The predicted molar refractivity (Wildman–Crippen MR) is 360 cm³/mol. The summed E-state index contributed by atoms with van der Waals surface area (Å²) < 4.78 is 11.3. The lowest BCUT2D eigenvalue weighted by atomic mass is 9.99. The van der Waals surface area contributed by atoms with Crippen molar-refractivity contribution in [2.24, 2.45) is 0 Å². The van der Waals surface area contributed by atoms with Crippen molar-refractivity contribution in [2.75, 3.05) is 13.2 Å². The van der Waals surface area contributed by atoms with Gasteiger partial charge < -0.3 is 40.3 Å². The van der Waals surface area contributed by atoms with Gasteiger partial charge in [-0.25, -0.2) is 0 Å². The van der Waals surface area contributed by atoms with Crippen molar-refractivity contribution in [2.45, 2.75) is 423 Å². The first-order valence-electron chi connectivity index (χ1n) is 37.2. The third-order valence-electron chi connectivity index (χ3n) is 18.0. The van der Waals surface area contributed by atoms with Crippen LogP contribution in [0.15, 0.2) is 36.5 Å². The van der Waals surface area contributed by atoms with E-state index >= 15 is 0 Å². The molecule has 1 saturated heterocycles. The number of carbonyl (C=O) groups excluding carboxylic acids is 1. The van der Waals surface area contributed by atoms with E-state index < -0.39 is 49.5 Å². The number of carbonyl (C=O) groups is 1. The molecular formula is C75H143NO8. The van der Waals surface area contributed by atoms with Crippen LogP contribution in [0.3, 0.4) is 0 Å². The number of rotatable bonds is 66. The van der Waals surface area contributed by atoms with E-state index in [-0.39, 0.29) is 12.5 Å². The minimum atomic E-state index is -1.57. The fraction of sp³-hybridized carbons (Fsp3) is 0.907. The maximum absolute atomic E-state index is 13.1. The second-order valence-corrected chi connectivity index (χ2v) is 26.1. The van der Waals surface area contributed by atoms with E-state index in [1.54, 1.807) is 6.08 Å². The smallest absolute Gasteiger partial charge is 0.220 e. The highest BCUT2D eigenvalue weighted by molar-refractivity contribution is 5.76. The van der Waals surface area contributed by atoms with E-state index in [9.17, 15) is 30.3 Å². The van der Waals surface area contributed by atoms with Crippen LogP contribution in [0.1, 0.15) is 380 Å². The second-order valence-electron chi connectivity index (χ2n) is 26.1. The van der Waals surface area contributed by atoms with Gasteiger partial charge in [0.25, 0.3) is 0 Å². The van der Waals surface area contributed by atoms with Gasteiger partial charge in [-0.15, -0.1) is 0 Å². The predicted octanol–water partition coefficient (Wildman–Crippen LogP) is 20.6. The van der Waals surface area contributed by atoms with Crippen LogP contribution in [-0.4, -0.2) is 87.5 Å². The Morgan fingerprint density at radius 2 is 0.702 bits per heavy atom. The lowest BCUT2D eigenvalue weighted by molar-refractivity contribution is -0.302. The molecule has 1 aliphatic rings. The van der Waals surface area contributed by atoms with Gasteiger partial charge in [0, 0.05) is 6.42 Å². The molecular weight excluding hydrogens is 1040 g/mol. The highest BCUT2D eigenvalue weighted by Gasteiger charge is 2.44. The van der Waals surface area contributed by atoms with E-state index in [0.29, 0.717) is 6.42 Å². The summed E-state index contributed by atoms with van der Waals surface area (Å²) in [5.41, 5.74) is 0. The molecule has 9 heteroatoms. The number of ether oxygens (including phenoxy) is 2. The normalized spacial score (nSPS) is 18.3. The number of amides is 1. The molecule has 1 heterocycles. The molecule has 1 fully saturated rings. The van der Waals surface area contributed by atoms with Crippen LogP contribution in [0.4, 0.5) is 0 Å². The van der Waals surface area contributed by atoms with E-state index in [1.165, 1.54) is 315 Å². The van der Waals surface area contributed by atoms with Crippen molar-refractivity contribution < 1.29 is 39.8 Å². The van der Waals surface area contributed by atoms with Crippen molar-refractivity contribution in [3.05, 3.63) is 36.5 Å². The van der Waals surface area contributed by atoms with Crippen LogP contribution < -0.4 is 5.32 Å². The highest BCUT2D eigenvalue weighted by Crippen LogP contribution is 2.24. The fourth-order valence-corrected chi connectivity index (χ4v) is 12.1. The summed E-state index contributed by atoms with van der Waals surface area (Å²) in [5.74, 6) is -0.169. The van der Waals surface area contributed by atoms with E-state index in [0.717, 1.165) is 44.9 Å². The lowest BCUT2D eigenvalue weighted by Gasteiger charge is -2.40. The maximum Gasteiger partial charge on any atom is 0.220 e. The van der Waals surface area contributed by atoms with Crippen LogP contribution in [0.25, 0.3) is 0 Å². The standard InChI is InChI=1S/C75H143NO8/c1-3-5-7-9-11-13-15-17-19-21-23-25-27-29-31-33-35-37-39-41-43-45-47-49-51-53-55-57-59-61-63-65-71(79)76-68(67-83-75-74(82)73(81)72(80)70(66-77)84-75)69(78)64-62-60-58-56-54-52-50-48-46-44-42-40-38-36-34-32-30-28-26-24-22-20-18-16-14-12-10-8-6-4-2/h15,17,21,23,62,64,68-70,72-75,77-78,80-82H,3-14,16,18-20,22,24-61,63,65-67H2,1-2H3,(H,76,79)/b17-15-,23-21-,64-62+. The summed E-state index contributed by atoms with van der Waals surface area (Å²) in [4.78, 5) is 13.1. The summed E-state index contributed by atoms with van der Waals surface area (Å²) in [6.07, 6.45) is 79.8. The molecule has 6 N–H and O–H groups in total. The van der Waals surface area contributed by atoms with Crippen LogP contribution in [0.2, 0.25) is 0 Å². The van der Waals surface area contributed by atoms with Gasteiger partial charge in [-0.3, -0.25) is 4.79 Å². The van der Waals surface area contributed by atoms with Gasteiger partial charge in [0.15, 0.2) is 6.29 Å². The quantitative estimate of drug-likeness (QED) is 0.0261. The molecule has 0 saturated carbocycles. The third-order valence-corrected chi connectivity index (χ3v) is 18.0. The molecule has 9 nitrogen and oxygen atoms in total. The summed E-state index contributed by atoms with van der Waals surface area (Å²) >= 11 is 0. The summed E-state index contributed by atoms with van der Waals surface area (Å²) in [5, 5.41) is 54.8. The van der Waals surface area contributed by atoms with E-state index in [4.69, 9.17) is 9.47 Å². The summed E-state index contributed by atoms with van der Waals surface area (Å²) in [6.45, 7) is 3.83. The van der Waals surface area contributed by atoms with E-state index in [2.05, 4.69) is 43.5 Å². The number of hydrogen-bond donors (Lipinski definition) is 6. The van der Waals surface area contributed by atoms with Gasteiger partial charge in [0.05, 0.1) is 25.4 Å². The number of hydrogen-bond acceptors (Lipinski definition) is 8. The largest absolute Gasteiger partial charge is 0.394 e. The van der Waals surface area contributed by atoms with Gasteiger partial charge in [-0.05, 0) is 51.4 Å². The Balaban J connectivity index is 2.10. The van der Waals surface area contributed by atoms with Gasteiger partial charge in [-0.2, -0.15) is 0 Å². The lowest BCUT2D eigenvalue weighted by Crippen LogP contribution is -2.60. The zero-order chi connectivity index (χ0) is 60.7. The zero-order valence-electron chi connectivity index (χ0n) is 55.7. The van der Waals surface area contributed by atoms with Crippen molar-refractivity contribution in [3.63, 3.8) is 0 Å². The average molecular weight is 1190 g/mol. The van der Waals surface area contributed by atoms with Crippen molar-refractivity contribution in [1.29, 1.82) is 0 Å². The molecule has 496 valence electrons. The first-order chi connectivity index (χ1) is 41.3. The Bertz CT molecular complexity index is 1420. The molecule has 84 heavy (non-hydrogen) atoms. The van der Waals surface area contributed by atoms with Gasteiger partial charge in [0.1, 0.15) is 24.4 Å². The summed E-state index contributed by atoms with van der Waals surface area (Å²) in [7, 11) is 0. The Morgan fingerprint density at radius 1 is 0.405 bits per heavy atom. The first-order valence-corrected chi connectivity index (χ1v) is 37.2. The number of aliphatic hydroxyl groups is 5. The molecule has 0 aromatic rings. The molecule has 1 amide bonds. The van der Waals surface area contributed by atoms with Gasteiger partial charge >= 0.3 is 0 Å². The minimum absolute atomic E-state index is 0.169. The Morgan fingerprint density at radius 3 is 1.02 bits per heavy atom. The number of nitrogens with one attached hydrogen (secondary N) is 1. The van der Waals surface area contributed by atoms with E-state index in [1.807, 2.05) is 6.08 Å². The minimum Gasteiger partial charge on any atom is -0.394 e. The Hall–Kier alpha value is -1.59. The number of allylic oxidation sites excluding steroid dienone is 5. The van der Waals surface area contributed by atoms with Crippen molar-refractivity contribution >= 4 is 5.91 Å². The molecule has 7 unspecified atom stereocenters. The molecule has 0 aromatic heterocycles. The first kappa shape index (κ1) is 80.4. The molecule has 0 radical (unpaired) electrons. The second kappa shape index (κ2) is 64.4. The van der Waals surface area contributed by atoms with Crippen LogP contribution in [-0.2, 0) is 14.3 Å². The zero-order valence-corrected chi connectivity index (χ0v) is 55.7. The number of aliphatic hydroxyl groups excluding tert-OH is 5. The van der Waals surface area contributed by atoms with Gasteiger partial charge in [-0.1, -0.05) is 359 Å². The molecule has 7 atom stereocenters. The Labute approximate surface area is 521 Å². The molecule has 0 aromatic carbocycles. The van der Waals surface area contributed by atoms with Crippen LogP contribution >= 0.6 is 0 Å². The highest BCUT2D eigenvalue weighted by atomic mass is 16.7. The molecule has 1 rings (SSSR count). The third kappa shape index (κ3) is 52.4. The monoisotopic (exact) mass is 1190 g/mol. The van der Waals surface area contributed by atoms with Crippen LogP contribution in [0.5, 0.6) is 0 Å². The van der Waals surface area contributed by atoms with Crippen molar-refractivity contribution in [1.82, 2.24) is 5.32 Å².